The van der Waals surface area contributed by atoms with E-state index in [-0.39, 0.29) is 5.91 Å². The first kappa shape index (κ1) is 17.0. The number of halogens is 1. The monoisotopic (exact) mass is 397 g/mol. The number of nitrogens with zero attached hydrogens (tertiary/aromatic N) is 1. The molecule has 2 aromatic carbocycles. The Kier molecular flexibility index (Phi) is 5.30. The molecule has 0 fully saturated rings. The maximum absolute atomic E-state index is 12.4. The van der Waals surface area contributed by atoms with Gasteiger partial charge in [0.1, 0.15) is 11.6 Å². The number of carbonyl (C=O) groups is 1. The van der Waals surface area contributed by atoms with E-state index in [0.29, 0.717) is 22.8 Å². The number of ether oxygens (including phenoxy) is 1. The molecule has 1 heterocycles. The van der Waals surface area contributed by atoms with Crippen LogP contribution in [0.25, 0.3) is 0 Å². The van der Waals surface area contributed by atoms with Crippen molar-refractivity contribution < 1.29 is 9.53 Å². The summed E-state index contributed by atoms with van der Waals surface area (Å²) in [6.07, 6.45) is 1.60. The third-order valence-corrected chi connectivity index (χ3v) is 4.00. The number of benzene rings is 2. The Labute approximate surface area is 154 Å². The lowest BCUT2D eigenvalue weighted by molar-refractivity contribution is 0.102. The lowest BCUT2D eigenvalue weighted by Gasteiger charge is -2.09. The summed E-state index contributed by atoms with van der Waals surface area (Å²) < 4.78 is 6.16. The fraction of sp³-hybridized carbons (Fsp3) is 0.0526. The molecule has 0 unspecified atom stereocenters. The largest absolute Gasteiger partial charge is 0.497 e. The standard InChI is InChI=1S/C19H16BrN3O2/c1-25-17-4-2-3-16(12-17)23-19(24)13-9-10-21-18(11-13)22-15-7-5-14(20)6-8-15/h2-12H,1H3,(H,21,22)(H,23,24). The third-order valence-electron chi connectivity index (χ3n) is 3.47. The van der Waals surface area contributed by atoms with Crippen LogP contribution in [-0.4, -0.2) is 18.0 Å². The molecule has 0 saturated heterocycles. The fourth-order valence-corrected chi connectivity index (χ4v) is 2.49. The van der Waals surface area contributed by atoms with Crippen molar-refractivity contribution in [1.82, 2.24) is 4.98 Å². The summed E-state index contributed by atoms with van der Waals surface area (Å²) in [4.78, 5) is 16.7. The predicted octanol–water partition coefficient (Wildman–Crippen LogP) is 4.85. The smallest absolute Gasteiger partial charge is 0.255 e. The van der Waals surface area contributed by atoms with Crippen LogP contribution in [0, 0.1) is 0 Å². The van der Waals surface area contributed by atoms with Gasteiger partial charge < -0.3 is 15.4 Å². The zero-order chi connectivity index (χ0) is 17.6. The van der Waals surface area contributed by atoms with Gasteiger partial charge in [-0.05, 0) is 48.5 Å². The lowest BCUT2D eigenvalue weighted by Crippen LogP contribution is -2.12. The van der Waals surface area contributed by atoms with Crippen LogP contribution in [0.2, 0.25) is 0 Å². The highest BCUT2D eigenvalue weighted by molar-refractivity contribution is 9.10. The lowest BCUT2D eigenvalue weighted by atomic mass is 10.2. The van der Waals surface area contributed by atoms with Gasteiger partial charge in [-0.25, -0.2) is 4.98 Å². The first-order valence-corrected chi connectivity index (χ1v) is 8.37. The SMILES string of the molecule is COc1cccc(NC(=O)c2ccnc(Nc3ccc(Br)cc3)c2)c1. The van der Waals surface area contributed by atoms with Gasteiger partial charge in [-0.2, -0.15) is 0 Å². The molecule has 3 rings (SSSR count). The molecular formula is C19H16BrN3O2. The number of methoxy groups -OCH3 is 1. The molecule has 25 heavy (non-hydrogen) atoms. The average Bonchev–Trinajstić information content (AvgIpc) is 2.64. The summed E-state index contributed by atoms with van der Waals surface area (Å²) in [6.45, 7) is 0. The van der Waals surface area contributed by atoms with Crippen LogP contribution in [0.4, 0.5) is 17.2 Å². The Balaban J connectivity index is 1.73. The Morgan fingerprint density at radius 2 is 1.84 bits per heavy atom. The number of carbonyl (C=O) groups excluding carboxylic acids is 1. The van der Waals surface area contributed by atoms with E-state index in [4.69, 9.17) is 4.74 Å². The molecule has 0 aliphatic heterocycles. The Morgan fingerprint density at radius 1 is 1.04 bits per heavy atom. The van der Waals surface area contributed by atoms with Crippen molar-refractivity contribution in [2.45, 2.75) is 0 Å². The molecule has 2 N–H and O–H groups in total. The fourth-order valence-electron chi connectivity index (χ4n) is 2.23. The van der Waals surface area contributed by atoms with Gasteiger partial charge in [0.25, 0.3) is 5.91 Å². The summed E-state index contributed by atoms with van der Waals surface area (Å²) in [5.74, 6) is 1.07. The molecule has 0 aliphatic carbocycles. The normalized spacial score (nSPS) is 10.2. The second kappa shape index (κ2) is 7.81. The molecule has 126 valence electrons. The van der Waals surface area contributed by atoms with Gasteiger partial charge in [-0.3, -0.25) is 4.79 Å². The van der Waals surface area contributed by atoms with Crippen LogP contribution < -0.4 is 15.4 Å². The van der Waals surface area contributed by atoms with E-state index in [0.717, 1.165) is 10.2 Å². The summed E-state index contributed by atoms with van der Waals surface area (Å²) in [5, 5.41) is 6.03. The van der Waals surface area contributed by atoms with Crippen LogP contribution in [0.3, 0.4) is 0 Å². The highest BCUT2D eigenvalue weighted by Crippen LogP contribution is 2.20. The van der Waals surface area contributed by atoms with Crippen LogP contribution >= 0.6 is 15.9 Å². The van der Waals surface area contributed by atoms with E-state index in [2.05, 4.69) is 31.5 Å². The van der Waals surface area contributed by atoms with Gasteiger partial charge in [0.05, 0.1) is 7.11 Å². The van der Waals surface area contributed by atoms with E-state index in [1.54, 1.807) is 31.5 Å². The number of aromatic nitrogens is 1. The molecule has 0 spiro atoms. The van der Waals surface area contributed by atoms with Crippen LogP contribution in [0.1, 0.15) is 10.4 Å². The average molecular weight is 398 g/mol. The highest BCUT2D eigenvalue weighted by Gasteiger charge is 2.08. The molecule has 3 aromatic rings. The number of anilines is 3. The van der Waals surface area contributed by atoms with Crippen molar-refractivity contribution in [1.29, 1.82) is 0 Å². The topological polar surface area (TPSA) is 63.2 Å². The van der Waals surface area contributed by atoms with Gasteiger partial charge in [-0.15, -0.1) is 0 Å². The molecule has 1 amide bonds. The Morgan fingerprint density at radius 3 is 2.60 bits per heavy atom. The van der Waals surface area contributed by atoms with Crippen molar-refractivity contribution in [3.8, 4) is 5.75 Å². The van der Waals surface area contributed by atoms with Crippen molar-refractivity contribution in [2.24, 2.45) is 0 Å². The number of pyridine rings is 1. The van der Waals surface area contributed by atoms with E-state index < -0.39 is 0 Å². The molecule has 1 aromatic heterocycles. The van der Waals surface area contributed by atoms with Gasteiger partial charge in [0.2, 0.25) is 0 Å². The zero-order valence-electron chi connectivity index (χ0n) is 13.5. The number of hydrogen-bond acceptors (Lipinski definition) is 4. The minimum atomic E-state index is -0.213. The van der Waals surface area contributed by atoms with Gasteiger partial charge in [0, 0.05) is 33.7 Å². The molecule has 5 nitrogen and oxygen atoms in total. The maximum Gasteiger partial charge on any atom is 0.255 e. The quantitative estimate of drug-likeness (QED) is 0.645. The zero-order valence-corrected chi connectivity index (χ0v) is 15.1. The number of rotatable bonds is 5. The second-order valence-electron chi connectivity index (χ2n) is 5.25. The number of amides is 1. The highest BCUT2D eigenvalue weighted by atomic mass is 79.9. The Bertz CT molecular complexity index is 882. The molecule has 0 bridgehead atoms. The number of nitrogens with one attached hydrogen (secondary N) is 2. The molecule has 0 radical (unpaired) electrons. The molecule has 0 atom stereocenters. The van der Waals surface area contributed by atoms with E-state index in [1.165, 1.54) is 0 Å². The first-order valence-electron chi connectivity index (χ1n) is 7.58. The minimum Gasteiger partial charge on any atom is -0.497 e. The van der Waals surface area contributed by atoms with E-state index in [9.17, 15) is 4.79 Å². The molecule has 6 heteroatoms. The summed E-state index contributed by atoms with van der Waals surface area (Å²) in [6, 6.07) is 18.3. The predicted molar refractivity (Wildman–Crippen MR) is 103 cm³/mol. The van der Waals surface area contributed by atoms with Gasteiger partial charge in [-0.1, -0.05) is 22.0 Å². The minimum absolute atomic E-state index is 0.213. The summed E-state index contributed by atoms with van der Waals surface area (Å²) in [7, 11) is 1.59. The van der Waals surface area contributed by atoms with Crippen molar-refractivity contribution >= 4 is 39.0 Å². The van der Waals surface area contributed by atoms with Gasteiger partial charge in [0.15, 0.2) is 0 Å². The van der Waals surface area contributed by atoms with E-state index >= 15 is 0 Å². The molecule has 0 aliphatic rings. The van der Waals surface area contributed by atoms with Gasteiger partial charge >= 0.3 is 0 Å². The second-order valence-corrected chi connectivity index (χ2v) is 6.16. The van der Waals surface area contributed by atoms with Crippen molar-refractivity contribution in [3.05, 3.63) is 76.9 Å². The van der Waals surface area contributed by atoms with Crippen LogP contribution in [-0.2, 0) is 0 Å². The summed E-state index contributed by atoms with van der Waals surface area (Å²) >= 11 is 3.40. The number of hydrogen-bond donors (Lipinski definition) is 2. The molecular weight excluding hydrogens is 382 g/mol. The Hall–Kier alpha value is -2.86. The van der Waals surface area contributed by atoms with Crippen molar-refractivity contribution in [3.63, 3.8) is 0 Å². The third kappa shape index (κ3) is 4.58. The van der Waals surface area contributed by atoms with Crippen LogP contribution in [0.5, 0.6) is 5.75 Å². The van der Waals surface area contributed by atoms with Crippen LogP contribution in [0.15, 0.2) is 71.3 Å². The summed E-state index contributed by atoms with van der Waals surface area (Å²) in [5.41, 5.74) is 2.07. The van der Waals surface area contributed by atoms with Crippen molar-refractivity contribution in [2.75, 3.05) is 17.7 Å². The first-order chi connectivity index (χ1) is 12.1. The van der Waals surface area contributed by atoms with E-state index in [1.807, 2.05) is 42.5 Å². The maximum atomic E-state index is 12.4. The molecule has 0 saturated carbocycles.